The van der Waals surface area contributed by atoms with Crippen LogP contribution in [0.2, 0.25) is 0 Å². The zero-order valence-corrected chi connectivity index (χ0v) is 15.5. The van der Waals surface area contributed by atoms with Crippen LogP contribution >= 0.6 is 0 Å². The summed E-state index contributed by atoms with van der Waals surface area (Å²) >= 11 is 0. The Hall–Kier alpha value is -1.84. The van der Waals surface area contributed by atoms with E-state index < -0.39 is 5.97 Å². The normalized spacial score (nSPS) is 21.1. The van der Waals surface area contributed by atoms with Crippen LogP contribution in [0.4, 0.5) is 5.69 Å². The van der Waals surface area contributed by atoms with Crippen molar-refractivity contribution in [2.24, 2.45) is 16.3 Å². The van der Waals surface area contributed by atoms with Crippen LogP contribution in [0.15, 0.2) is 23.2 Å². The molecule has 136 valence electrons. The van der Waals surface area contributed by atoms with E-state index in [2.05, 4.69) is 35.0 Å². The Balaban J connectivity index is 1.63. The van der Waals surface area contributed by atoms with Crippen molar-refractivity contribution in [3.05, 3.63) is 29.3 Å². The van der Waals surface area contributed by atoms with Gasteiger partial charge in [0.25, 0.3) is 0 Å². The van der Waals surface area contributed by atoms with Crippen molar-refractivity contribution in [2.45, 2.75) is 51.9 Å². The lowest BCUT2D eigenvalue weighted by atomic mass is 9.65. The highest BCUT2D eigenvalue weighted by molar-refractivity contribution is 5.88. The van der Waals surface area contributed by atoms with Crippen molar-refractivity contribution in [3.63, 3.8) is 0 Å². The molecular weight excluding hydrogens is 312 g/mol. The molecule has 1 heterocycles. The number of aryl methyl sites for hydroxylation is 1. The van der Waals surface area contributed by atoms with Crippen LogP contribution in [0.25, 0.3) is 0 Å². The largest absolute Gasteiger partial charge is 0.481 e. The van der Waals surface area contributed by atoms with Crippen LogP contribution in [0, 0.1) is 18.3 Å². The van der Waals surface area contributed by atoms with Gasteiger partial charge in [-0.25, -0.2) is 0 Å². The van der Waals surface area contributed by atoms with Gasteiger partial charge in [-0.2, -0.15) is 0 Å². The summed E-state index contributed by atoms with van der Waals surface area (Å²) < 4.78 is 0. The smallest absolute Gasteiger partial charge is 0.303 e. The number of hydrogen-bond acceptors (Lipinski definition) is 3. The van der Waals surface area contributed by atoms with Gasteiger partial charge in [0.2, 0.25) is 0 Å². The maximum atomic E-state index is 10.9. The fraction of sp³-hybridized carbons (Fsp3) is 0.619. The number of aliphatic imine (C=N–C) groups is 1. The molecular formula is C21H30N2O2. The van der Waals surface area contributed by atoms with Crippen molar-refractivity contribution >= 4 is 17.9 Å². The Labute approximate surface area is 151 Å². The molecule has 4 nitrogen and oxygen atoms in total. The van der Waals surface area contributed by atoms with E-state index in [-0.39, 0.29) is 0 Å². The highest BCUT2D eigenvalue weighted by atomic mass is 16.4. The standard InChI is InChI=1S/C21H30N2O2/c1-16-3-4-18(15-22-2)19(13-16)23-11-9-21(10-12-23)7-5-17(6-8-21)14-20(24)25/h3-4,13,15,17H,5-12,14H2,1-2H3,(H,24,25)/b22-15+. The molecule has 1 aromatic carbocycles. The minimum atomic E-state index is -0.639. The van der Waals surface area contributed by atoms with Gasteiger partial charge in [0.1, 0.15) is 0 Å². The first-order chi connectivity index (χ1) is 12.0. The molecule has 1 N–H and O–H groups in total. The number of piperidine rings is 1. The first-order valence-electron chi connectivity index (χ1n) is 9.51. The third kappa shape index (κ3) is 4.23. The molecule has 1 spiro atoms. The van der Waals surface area contributed by atoms with Gasteiger partial charge in [0.05, 0.1) is 0 Å². The van der Waals surface area contributed by atoms with E-state index in [9.17, 15) is 4.79 Å². The molecule has 0 bridgehead atoms. The SMILES string of the molecule is C/N=C/c1ccc(C)cc1N1CCC2(CCC(CC(=O)O)CC2)CC1. The molecule has 25 heavy (non-hydrogen) atoms. The van der Waals surface area contributed by atoms with E-state index >= 15 is 0 Å². The molecule has 0 aromatic heterocycles. The number of carbonyl (C=O) groups is 1. The molecule has 2 aliphatic rings. The Morgan fingerprint density at radius 2 is 1.96 bits per heavy atom. The van der Waals surface area contributed by atoms with Gasteiger partial charge in [0, 0.05) is 44.0 Å². The van der Waals surface area contributed by atoms with Crippen molar-refractivity contribution < 1.29 is 9.90 Å². The zero-order valence-electron chi connectivity index (χ0n) is 15.5. The monoisotopic (exact) mass is 342 g/mol. The first-order valence-corrected chi connectivity index (χ1v) is 9.51. The van der Waals surface area contributed by atoms with Crippen molar-refractivity contribution in [3.8, 4) is 0 Å². The highest BCUT2D eigenvalue weighted by Gasteiger charge is 2.38. The quantitative estimate of drug-likeness (QED) is 0.830. The summed E-state index contributed by atoms with van der Waals surface area (Å²) in [5, 5.41) is 9.00. The lowest BCUT2D eigenvalue weighted by Crippen LogP contribution is -2.42. The molecule has 1 aromatic rings. The summed E-state index contributed by atoms with van der Waals surface area (Å²) in [5.74, 6) is -0.245. The lowest BCUT2D eigenvalue weighted by Gasteiger charge is -2.46. The summed E-state index contributed by atoms with van der Waals surface area (Å²) in [6.07, 6.45) is 9.34. The Bertz CT molecular complexity index is 635. The molecule has 1 saturated carbocycles. The molecule has 2 fully saturated rings. The van der Waals surface area contributed by atoms with Crippen molar-refractivity contribution in [1.82, 2.24) is 0 Å². The lowest BCUT2D eigenvalue weighted by molar-refractivity contribution is -0.138. The molecule has 0 radical (unpaired) electrons. The predicted molar refractivity (Wildman–Crippen MR) is 103 cm³/mol. The van der Waals surface area contributed by atoms with Gasteiger partial charge in [-0.3, -0.25) is 9.79 Å². The number of carboxylic acids is 1. The molecule has 1 aliphatic heterocycles. The van der Waals surface area contributed by atoms with Crippen LogP contribution in [0.1, 0.15) is 56.1 Å². The summed E-state index contributed by atoms with van der Waals surface area (Å²) in [6.45, 7) is 4.33. The average Bonchev–Trinajstić information content (AvgIpc) is 2.59. The summed E-state index contributed by atoms with van der Waals surface area (Å²) in [5.41, 5.74) is 4.25. The van der Waals surface area contributed by atoms with Crippen LogP contribution in [0.5, 0.6) is 0 Å². The van der Waals surface area contributed by atoms with E-state index in [4.69, 9.17) is 5.11 Å². The molecule has 0 atom stereocenters. The van der Waals surface area contributed by atoms with Crippen LogP contribution in [-0.2, 0) is 4.79 Å². The van der Waals surface area contributed by atoms with E-state index in [0.717, 1.165) is 25.9 Å². The zero-order chi connectivity index (χ0) is 17.9. The Kier molecular flexibility index (Phi) is 5.45. The maximum absolute atomic E-state index is 10.9. The van der Waals surface area contributed by atoms with Crippen molar-refractivity contribution in [2.75, 3.05) is 25.0 Å². The summed E-state index contributed by atoms with van der Waals surface area (Å²) in [4.78, 5) is 17.6. The van der Waals surface area contributed by atoms with E-state index in [0.29, 0.717) is 17.8 Å². The maximum Gasteiger partial charge on any atom is 0.303 e. The summed E-state index contributed by atoms with van der Waals surface area (Å²) in [7, 11) is 1.82. The second kappa shape index (κ2) is 7.59. The van der Waals surface area contributed by atoms with E-state index in [1.165, 1.54) is 42.5 Å². The van der Waals surface area contributed by atoms with Crippen LogP contribution in [-0.4, -0.2) is 37.4 Å². The number of hydrogen-bond donors (Lipinski definition) is 1. The number of carboxylic acid groups (broad SMARTS) is 1. The highest BCUT2D eigenvalue weighted by Crippen LogP contribution is 2.47. The molecule has 3 rings (SSSR count). The average molecular weight is 342 g/mol. The van der Waals surface area contributed by atoms with Gasteiger partial charge in [0.15, 0.2) is 0 Å². The van der Waals surface area contributed by atoms with Gasteiger partial charge in [-0.05, 0) is 68.4 Å². The third-order valence-electron chi connectivity index (χ3n) is 6.25. The van der Waals surface area contributed by atoms with Gasteiger partial charge in [-0.15, -0.1) is 0 Å². The minimum absolute atomic E-state index is 0.352. The van der Waals surface area contributed by atoms with Crippen molar-refractivity contribution in [1.29, 1.82) is 0 Å². The van der Waals surface area contributed by atoms with Gasteiger partial charge in [-0.1, -0.05) is 12.1 Å². The fourth-order valence-corrected chi connectivity index (χ4v) is 4.64. The summed E-state index contributed by atoms with van der Waals surface area (Å²) in [6, 6.07) is 6.59. The predicted octanol–water partition coefficient (Wildman–Crippen LogP) is 4.30. The number of benzene rings is 1. The van der Waals surface area contributed by atoms with E-state index in [1.807, 2.05) is 13.3 Å². The number of aliphatic carboxylic acids is 1. The molecule has 1 saturated heterocycles. The van der Waals surface area contributed by atoms with Crippen LogP contribution < -0.4 is 4.90 Å². The topological polar surface area (TPSA) is 52.9 Å². The molecule has 4 heteroatoms. The third-order valence-corrected chi connectivity index (χ3v) is 6.25. The Morgan fingerprint density at radius 1 is 1.28 bits per heavy atom. The molecule has 0 amide bonds. The van der Waals surface area contributed by atoms with Gasteiger partial charge >= 0.3 is 5.97 Å². The van der Waals surface area contributed by atoms with Gasteiger partial charge < -0.3 is 10.0 Å². The van der Waals surface area contributed by atoms with E-state index in [1.54, 1.807) is 0 Å². The molecule has 1 aliphatic carbocycles. The minimum Gasteiger partial charge on any atom is -0.481 e. The second-order valence-electron chi connectivity index (χ2n) is 7.98. The number of anilines is 1. The fourth-order valence-electron chi connectivity index (χ4n) is 4.64. The number of nitrogens with zero attached hydrogens (tertiary/aromatic N) is 2. The van der Waals surface area contributed by atoms with Crippen LogP contribution in [0.3, 0.4) is 0 Å². The first kappa shape index (κ1) is 18.0. The molecule has 0 unspecified atom stereocenters. The number of rotatable bonds is 4. The second-order valence-corrected chi connectivity index (χ2v) is 7.98. The Morgan fingerprint density at radius 3 is 2.56 bits per heavy atom.